The van der Waals surface area contributed by atoms with Gasteiger partial charge in [-0.05, 0) is 25.8 Å². The summed E-state index contributed by atoms with van der Waals surface area (Å²) in [6, 6.07) is 0. The Bertz CT molecular complexity index is 209. The van der Waals surface area contributed by atoms with Crippen molar-refractivity contribution in [3.63, 3.8) is 0 Å². The molecular weight excluding hydrogens is 232 g/mol. The Morgan fingerprint density at radius 2 is 2.31 bits per heavy atom. The lowest BCUT2D eigenvalue weighted by atomic mass is 10.0. The Balaban J connectivity index is 2.10. The Hall–Kier alpha value is 0.140. The van der Waals surface area contributed by atoms with E-state index in [0.29, 0.717) is 4.83 Å². The van der Waals surface area contributed by atoms with Crippen LogP contribution in [-0.4, -0.2) is 23.3 Å². The molecule has 0 unspecified atom stereocenters. The Morgan fingerprint density at radius 3 is 2.92 bits per heavy atom. The highest BCUT2D eigenvalue weighted by molar-refractivity contribution is 9.09. The summed E-state index contributed by atoms with van der Waals surface area (Å²) in [5, 5.41) is 0. The smallest absolute Gasteiger partial charge is 0.188 e. The highest BCUT2D eigenvalue weighted by Crippen LogP contribution is 2.34. The molecule has 13 heavy (non-hydrogen) atoms. The van der Waals surface area contributed by atoms with Gasteiger partial charge in [-0.15, -0.1) is 0 Å². The number of rotatable bonds is 0. The maximum atomic E-state index is 5.87. The standard InChI is InChI=1S/C10H15BrO2/c1-8-9(11)4-6-10(13-8)5-2-3-7-12-10/h4,6,8-9H,2-3,5,7H2,1H3/t8-,9+,10+/m1/s1. The lowest BCUT2D eigenvalue weighted by Gasteiger charge is -2.40. The van der Waals surface area contributed by atoms with Crippen LogP contribution in [0.4, 0.5) is 0 Å². The first kappa shape index (κ1) is 9.69. The molecule has 0 saturated carbocycles. The normalized spacial score (nSPS) is 45.4. The summed E-state index contributed by atoms with van der Waals surface area (Å²) in [5.41, 5.74) is 0. The van der Waals surface area contributed by atoms with E-state index in [0.717, 1.165) is 19.4 Å². The summed E-state index contributed by atoms with van der Waals surface area (Å²) >= 11 is 3.54. The summed E-state index contributed by atoms with van der Waals surface area (Å²) in [4.78, 5) is 0.323. The average Bonchev–Trinajstić information content (AvgIpc) is 2.14. The zero-order chi connectivity index (χ0) is 9.31. The van der Waals surface area contributed by atoms with Gasteiger partial charge in [-0.1, -0.05) is 22.0 Å². The third-order valence-electron chi connectivity index (χ3n) is 2.63. The van der Waals surface area contributed by atoms with E-state index >= 15 is 0 Å². The van der Waals surface area contributed by atoms with Crippen molar-refractivity contribution in [3.05, 3.63) is 12.2 Å². The van der Waals surface area contributed by atoms with Crippen molar-refractivity contribution in [2.24, 2.45) is 0 Å². The van der Waals surface area contributed by atoms with Gasteiger partial charge in [0.2, 0.25) is 0 Å². The highest BCUT2D eigenvalue weighted by Gasteiger charge is 2.37. The maximum absolute atomic E-state index is 5.87. The number of alkyl halides is 1. The fourth-order valence-electron chi connectivity index (χ4n) is 1.83. The molecule has 0 bridgehead atoms. The van der Waals surface area contributed by atoms with Crippen LogP contribution < -0.4 is 0 Å². The monoisotopic (exact) mass is 246 g/mol. The first-order valence-corrected chi connectivity index (χ1v) is 5.79. The molecule has 2 nitrogen and oxygen atoms in total. The van der Waals surface area contributed by atoms with Crippen LogP contribution in [0.2, 0.25) is 0 Å². The number of hydrogen-bond acceptors (Lipinski definition) is 2. The van der Waals surface area contributed by atoms with E-state index in [1.165, 1.54) is 6.42 Å². The van der Waals surface area contributed by atoms with Gasteiger partial charge >= 0.3 is 0 Å². The molecule has 0 aromatic carbocycles. The first-order valence-electron chi connectivity index (χ1n) is 4.87. The predicted molar refractivity (Wildman–Crippen MR) is 54.9 cm³/mol. The molecule has 1 spiro atoms. The van der Waals surface area contributed by atoms with Crippen LogP contribution in [0.3, 0.4) is 0 Å². The molecule has 0 aromatic heterocycles. The molecule has 2 heterocycles. The molecule has 0 amide bonds. The Kier molecular flexibility index (Phi) is 2.77. The molecule has 1 fully saturated rings. The molecular formula is C10H15BrO2. The van der Waals surface area contributed by atoms with E-state index in [4.69, 9.17) is 9.47 Å². The summed E-state index contributed by atoms with van der Waals surface area (Å²) in [6.45, 7) is 2.90. The molecule has 0 aliphatic carbocycles. The molecule has 2 aliphatic rings. The molecule has 0 radical (unpaired) electrons. The fourth-order valence-corrected chi connectivity index (χ4v) is 2.09. The minimum atomic E-state index is -0.401. The van der Waals surface area contributed by atoms with E-state index < -0.39 is 5.79 Å². The highest BCUT2D eigenvalue weighted by atomic mass is 79.9. The van der Waals surface area contributed by atoms with Crippen molar-refractivity contribution in [2.75, 3.05) is 6.61 Å². The fraction of sp³-hybridized carbons (Fsp3) is 0.800. The summed E-state index contributed by atoms with van der Waals surface area (Å²) in [6.07, 6.45) is 7.75. The summed E-state index contributed by atoms with van der Waals surface area (Å²) in [7, 11) is 0. The molecule has 0 aromatic rings. The summed E-state index contributed by atoms with van der Waals surface area (Å²) < 4.78 is 11.6. The SMILES string of the molecule is C[C@H]1O[C@]2(C=C[C@@H]1Br)CCCCO2. The minimum Gasteiger partial charge on any atom is -0.346 e. The molecule has 1 saturated heterocycles. The number of hydrogen-bond donors (Lipinski definition) is 0. The zero-order valence-corrected chi connectivity index (χ0v) is 9.42. The van der Waals surface area contributed by atoms with E-state index in [2.05, 4.69) is 35.0 Å². The van der Waals surface area contributed by atoms with Crippen molar-refractivity contribution in [3.8, 4) is 0 Å². The van der Waals surface area contributed by atoms with Gasteiger partial charge in [0.1, 0.15) is 0 Å². The third kappa shape index (κ3) is 1.97. The molecule has 3 atom stereocenters. The van der Waals surface area contributed by atoms with E-state index in [-0.39, 0.29) is 6.10 Å². The molecule has 0 N–H and O–H groups in total. The van der Waals surface area contributed by atoms with Gasteiger partial charge < -0.3 is 9.47 Å². The first-order chi connectivity index (χ1) is 6.22. The van der Waals surface area contributed by atoms with Gasteiger partial charge in [0, 0.05) is 6.42 Å². The van der Waals surface area contributed by atoms with Crippen molar-refractivity contribution < 1.29 is 9.47 Å². The van der Waals surface area contributed by atoms with Crippen molar-refractivity contribution in [1.82, 2.24) is 0 Å². The lowest BCUT2D eigenvalue weighted by molar-refractivity contribution is -0.245. The van der Waals surface area contributed by atoms with Gasteiger partial charge in [0.05, 0.1) is 17.5 Å². The molecule has 2 rings (SSSR count). The quantitative estimate of drug-likeness (QED) is 0.484. The molecule has 3 heteroatoms. The maximum Gasteiger partial charge on any atom is 0.188 e. The van der Waals surface area contributed by atoms with E-state index in [1.807, 2.05) is 0 Å². The van der Waals surface area contributed by atoms with Crippen LogP contribution in [0.25, 0.3) is 0 Å². The van der Waals surface area contributed by atoms with Crippen molar-refractivity contribution >= 4 is 15.9 Å². The predicted octanol–water partition coefficient (Wildman–Crippen LogP) is 2.62. The van der Waals surface area contributed by atoms with Crippen LogP contribution in [0, 0.1) is 0 Å². The largest absolute Gasteiger partial charge is 0.346 e. The van der Waals surface area contributed by atoms with Crippen molar-refractivity contribution in [1.29, 1.82) is 0 Å². The van der Waals surface area contributed by atoms with Crippen LogP contribution in [-0.2, 0) is 9.47 Å². The Labute approximate surface area is 87.4 Å². The van der Waals surface area contributed by atoms with Crippen LogP contribution in [0.1, 0.15) is 26.2 Å². The topological polar surface area (TPSA) is 18.5 Å². The van der Waals surface area contributed by atoms with Crippen LogP contribution in [0.15, 0.2) is 12.2 Å². The van der Waals surface area contributed by atoms with Crippen LogP contribution in [0.5, 0.6) is 0 Å². The minimum absolute atomic E-state index is 0.197. The van der Waals surface area contributed by atoms with Gasteiger partial charge in [-0.2, -0.15) is 0 Å². The van der Waals surface area contributed by atoms with Gasteiger partial charge in [-0.25, -0.2) is 0 Å². The van der Waals surface area contributed by atoms with Gasteiger partial charge in [0.25, 0.3) is 0 Å². The molecule has 74 valence electrons. The zero-order valence-electron chi connectivity index (χ0n) is 7.83. The molecule has 2 aliphatic heterocycles. The van der Waals surface area contributed by atoms with Crippen molar-refractivity contribution in [2.45, 2.75) is 42.9 Å². The summed E-state index contributed by atoms with van der Waals surface area (Å²) in [5.74, 6) is -0.401. The third-order valence-corrected chi connectivity index (χ3v) is 3.68. The second-order valence-corrected chi connectivity index (χ2v) is 4.80. The van der Waals surface area contributed by atoms with Gasteiger partial charge in [0.15, 0.2) is 5.79 Å². The van der Waals surface area contributed by atoms with E-state index in [9.17, 15) is 0 Å². The van der Waals surface area contributed by atoms with E-state index in [1.54, 1.807) is 0 Å². The average molecular weight is 247 g/mol. The Morgan fingerprint density at radius 1 is 1.46 bits per heavy atom. The number of ether oxygens (including phenoxy) is 2. The number of halogens is 1. The lowest BCUT2D eigenvalue weighted by Crippen LogP contribution is -2.44. The second kappa shape index (κ2) is 3.71. The van der Waals surface area contributed by atoms with Crippen LogP contribution >= 0.6 is 15.9 Å². The second-order valence-electron chi connectivity index (χ2n) is 3.74. The van der Waals surface area contributed by atoms with Gasteiger partial charge in [-0.3, -0.25) is 0 Å².